The van der Waals surface area contributed by atoms with Crippen LogP contribution in [0, 0.1) is 0 Å². The molecule has 0 bridgehead atoms. The van der Waals surface area contributed by atoms with E-state index in [4.69, 9.17) is 0 Å². The molecule has 0 unspecified atom stereocenters. The van der Waals surface area contributed by atoms with Gasteiger partial charge in [0.1, 0.15) is 0 Å². The van der Waals surface area contributed by atoms with Crippen molar-refractivity contribution in [3.05, 3.63) is 66.3 Å². The van der Waals surface area contributed by atoms with Crippen LogP contribution in [-0.2, 0) is 0 Å². The zero-order chi connectivity index (χ0) is 10.9. The standard InChI is InChI=1S/C13H12.C2H6.4CH4/c1-2-5-9-12(8-4-1)13-10-6-3-7-11-13;1-2;;;;/h1-4,6-11H,5H2;1-2H3;4*1H4. The van der Waals surface area contributed by atoms with Crippen molar-refractivity contribution in [3.8, 4) is 0 Å². The molecule has 19 heavy (non-hydrogen) atoms. The Balaban J connectivity index is -0.000000179. The summed E-state index contributed by atoms with van der Waals surface area (Å²) >= 11 is 0. The van der Waals surface area contributed by atoms with E-state index in [2.05, 4.69) is 54.6 Å². The molecule has 0 aromatic heterocycles. The van der Waals surface area contributed by atoms with Crippen LogP contribution in [0.5, 0.6) is 0 Å². The van der Waals surface area contributed by atoms with Crippen molar-refractivity contribution in [1.29, 1.82) is 0 Å². The first-order valence-electron chi connectivity index (χ1n) is 5.55. The van der Waals surface area contributed by atoms with Crippen molar-refractivity contribution in [1.82, 2.24) is 0 Å². The second-order valence-corrected chi connectivity index (χ2v) is 3.05. The maximum absolute atomic E-state index is 2.25. The molecule has 0 amide bonds. The molecular formula is C19H34. The third-order valence-electron chi connectivity index (χ3n) is 2.10. The zero-order valence-electron chi connectivity index (χ0n) is 9.48. The molecule has 2 rings (SSSR count). The van der Waals surface area contributed by atoms with Gasteiger partial charge in [0.15, 0.2) is 0 Å². The van der Waals surface area contributed by atoms with Gasteiger partial charge in [-0.2, -0.15) is 0 Å². The fraction of sp³-hybridized carbons (Fsp3) is 0.368. The average molecular weight is 262 g/mol. The van der Waals surface area contributed by atoms with Crippen molar-refractivity contribution in [3.63, 3.8) is 0 Å². The Labute approximate surface area is 122 Å². The summed E-state index contributed by atoms with van der Waals surface area (Å²) in [5, 5.41) is 0. The van der Waals surface area contributed by atoms with Crippen molar-refractivity contribution in [2.24, 2.45) is 0 Å². The molecule has 0 radical (unpaired) electrons. The highest BCUT2D eigenvalue weighted by atomic mass is 14.0. The zero-order valence-corrected chi connectivity index (χ0v) is 9.48. The molecule has 0 N–H and O–H groups in total. The Morgan fingerprint density at radius 2 is 1.37 bits per heavy atom. The number of hydrogen-bond acceptors (Lipinski definition) is 0. The van der Waals surface area contributed by atoms with E-state index in [1.165, 1.54) is 11.1 Å². The lowest BCUT2D eigenvalue weighted by atomic mass is 10.1. The molecule has 0 spiro atoms. The normalized spacial score (nSPS) is 10.7. The van der Waals surface area contributed by atoms with Gasteiger partial charge < -0.3 is 0 Å². The van der Waals surface area contributed by atoms with E-state index in [0.29, 0.717) is 0 Å². The van der Waals surface area contributed by atoms with Gasteiger partial charge >= 0.3 is 0 Å². The topological polar surface area (TPSA) is 0 Å². The van der Waals surface area contributed by atoms with Gasteiger partial charge in [-0.15, -0.1) is 0 Å². The van der Waals surface area contributed by atoms with E-state index in [9.17, 15) is 0 Å². The lowest BCUT2D eigenvalue weighted by Crippen LogP contribution is -1.78. The van der Waals surface area contributed by atoms with Crippen molar-refractivity contribution in [2.75, 3.05) is 0 Å². The minimum Gasteiger partial charge on any atom is -0.0807 e. The molecular weight excluding hydrogens is 228 g/mol. The van der Waals surface area contributed by atoms with E-state index in [-0.39, 0.29) is 29.7 Å². The first kappa shape index (κ1) is 26.1. The molecule has 1 aliphatic carbocycles. The molecule has 0 saturated heterocycles. The molecule has 0 heterocycles. The van der Waals surface area contributed by atoms with Gasteiger partial charge in [-0.25, -0.2) is 0 Å². The first-order valence-corrected chi connectivity index (χ1v) is 5.55. The number of allylic oxidation sites excluding steroid dienone is 6. The van der Waals surface area contributed by atoms with Gasteiger partial charge in [0.25, 0.3) is 0 Å². The highest BCUT2D eigenvalue weighted by Crippen LogP contribution is 2.17. The van der Waals surface area contributed by atoms with Crippen LogP contribution in [0.25, 0.3) is 5.57 Å². The Morgan fingerprint density at radius 3 is 1.95 bits per heavy atom. The maximum Gasteiger partial charge on any atom is -0.0157 e. The summed E-state index contributed by atoms with van der Waals surface area (Å²) in [4.78, 5) is 0. The number of benzene rings is 1. The van der Waals surface area contributed by atoms with E-state index in [0.717, 1.165) is 6.42 Å². The highest BCUT2D eigenvalue weighted by molar-refractivity contribution is 5.74. The minimum atomic E-state index is 0. The molecule has 1 aliphatic rings. The van der Waals surface area contributed by atoms with Gasteiger partial charge in [-0.1, -0.05) is 104 Å². The van der Waals surface area contributed by atoms with Gasteiger partial charge in [-0.05, 0) is 17.6 Å². The van der Waals surface area contributed by atoms with Crippen LogP contribution < -0.4 is 0 Å². The van der Waals surface area contributed by atoms with Crippen LogP contribution in [-0.4, -0.2) is 0 Å². The Bertz CT molecular complexity index is 353. The monoisotopic (exact) mass is 262 g/mol. The van der Waals surface area contributed by atoms with Crippen LogP contribution in [0.4, 0.5) is 0 Å². The Kier molecular flexibility index (Phi) is 22.6. The summed E-state index contributed by atoms with van der Waals surface area (Å²) in [5.41, 5.74) is 2.60. The molecule has 0 fully saturated rings. The molecule has 110 valence electrons. The van der Waals surface area contributed by atoms with Crippen molar-refractivity contribution < 1.29 is 0 Å². The molecule has 0 saturated carbocycles. The van der Waals surface area contributed by atoms with Crippen LogP contribution in [0.2, 0.25) is 0 Å². The summed E-state index contributed by atoms with van der Waals surface area (Å²) in [6, 6.07) is 10.5. The van der Waals surface area contributed by atoms with Crippen LogP contribution in [0.1, 0.15) is 55.5 Å². The van der Waals surface area contributed by atoms with Crippen molar-refractivity contribution in [2.45, 2.75) is 50.0 Å². The predicted octanol–water partition coefficient (Wildman–Crippen LogP) is 7.16. The Morgan fingerprint density at radius 1 is 0.789 bits per heavy atom. The first-order chi connectivity index (χ1) is 7.47. The molecule has 1 aromatic carbocycles. The SMILES string of the molecule is C.C.C.C.C1=CCC=C(c2ccccc2)C=C1.CC. The predicted molar refractivity (Wildman–Crippen MR) is 95.6 cm³/mol. The fourth-order valence-electron chi connectivity index (χ4n) is 1.42. The fourth-order valence-corrected chi connectivity index (χ4v) is 1.42. The summed E-state index contributed by atoms with van der Waals surface area (Å²) in [6.07, 6.45) is 11.8. The van der Waals surface area contributed by atoms with E-state index in [1.807, 2.05) is 19.9 Å². The van der Waals surface area contributed by atoms with Crippen molar-refractivity contribution >= 4 is 5.57 Å². The highest BCUT2D eigenvalue weighted by Gasteiger charge is 1.95. The molecule has 0 aliphatic heterocycles. The van der Waals surface area contributed by atoms with Crippen LogP contribution in [0.15, 0.2) is 60.7 Å². The third-order valence-corrected chi connectivity index (χ3v) is 2.10. The third kappa shape index (κ3) is 9.07. The lowest BCUT2D eigenvalue weighted by Gasteiger charge is -2.00. The lowest BCUT2D eigenvalue weighted by molar-refractivity contribution is 1.40. The molecule has 0 atom stereocenters. The van der Waals surface area contributed by atoms with Crippen LogP contribution >= 0.6 is 0 Å². The summed E-state index contributed by atoms with van der Waals surface area (Å²) in [7, 11) is 0. The summed E-state index contributed by atoms with van der Waals surface area (Å²) < 4.78 is 0. The smallest absolute Gasteiger partial charge is 0.0157 e. The number of hydrogen-bond donors (Lipinski definition) is 0. The summed E-state index contributed by atoms with van der Waals surface area (Å²) in [5.74, 6) is 0. The molecule has 1 aromatic rings. The van der Waals surface area contributed by atoms with E-state index in [1.54, 1.807) is 0 Å². The largest absolute Gasteiger partial charge is 0.0807 e. The Hall–Kier alpha value is -1.56. The summed E-state index contributed by atoms with van der Waals surface area (Å²) in [6.45, 7) is 4.00. The maximum atomic E-state index is 2.25. The van der Waals surface area contributed by atoms with Gasteiger partial charge in [0.2, 0.25) is 0 Å². The van der Waals surface area contributed by atoms with E-state index >= 15 is 0 Å². The van der Waals surface area contributed by atoms with Crippen LogP contribution in [0.3, 0.4) is 0 Å². The molecule has 0 heteroatoms. The number of rotatable bonds is 1. The van der Waals surface area contributed by atoms with E-state index < -0.39 is 0 Å². The van der Waals surface area contributed by atoms with Gasteiger partial charge in [0.05, 0.1) is 0 Å². The molecule has 0 nitrogen and oxygen atoms in total. The second kappa shape index (κ2) is 16.4. The average Bonchev–Trinajstić information content (AvgIpc) is 2.61. The van der Waals surface area contributed by atoms with Gasteiger partial charge in [0, 0.05) is 0 Å². The van der Waals surface area contributed by atoms with Gasteiger partial charge in [-0.3, -0.25) is 0 Å². The second-order valence-electron chi connectivity index (χ2n) is 3.05. The quantitative estimate of drug-likeness (QED) is 0.504. The minimum absolute atomic E-state index is 0.